The van der Waals surface area contributed by atoms with Crippen molar-refractivity contribution in [3.8, 4) is 11.5 Å². The lowest BCUT2D eigenvalue weighted by Crippen LogP contribution is -2.52. The van der Waals surface area contributed by atoms with E-state index < -0.39 is 5.82 Å². The van der Waals surface area contributed by atoms with E-state index in [1.54, 1.807) is 13.2 Å². The first-order chi connectivity index (χ1) is 18.4. The van der Waals surface area contributed by atoms with Gasteiger partial charge < -0.3 is 19.5 Å². The first-order valence-electron chi connectivity index (χ1n) is 12.8. The van der Waals surface area contributed by atoms with E-state index in [-0.39, 0.29) is 17.2 Å². The molecule has 2 aliphatic rings. The minimum Gasteiger partial charge on any atom is -0.493 e. The predicted molar refractivity (Wildman–Crippen MR) is 143 cm³/mol. The van der Waals surface area contributed by atoms with Crippen molar-refractivity contribution in [2.24, 2.45) is 0 Å². The molecule has 2 fully saturated rings. The fraction of sp³-hybridized carbons (Fsp3) is 0.444. The number of esters is 1. The number of benzene rings is 2. The topological polar surface area (TPSA) is 89.1 Å². The molecule has 5 rings (SSSR count). The average molecular weight is 544 g/mol. The van der Waals surface area contributed by atoms with Crippen molar-refractivity contribution in [3.05, 3.63) is 47.5 Å². The number of morpholine rings is 1. The van der Waals surface area contributed by atoms with Crippen LogP contribution in [0, 0.1) is 5.82 Å². The van der Waals surface area contributed by atoms with Gasteiger partial charge in [-0.3, -0.25) is 14.6 Å². The zero-order valence-electron chi connectivity index (χ0n) is 21.5. The summed E-state index contributed by atoms with van der Waals surface area (Å²) in [5, 5.41) is 3.93. The van der Waals surface area contributed by atoms with Gasteiger partial charge in [-0.1, -0.05) is 18.5 Å². The van der Waals surface area contributed by atoms with E-state index in [4.69, 9.17) is 25.8 Å². The summed E-state index contributed by atoms with van der Waals surface area (Å²) in [6.07, 6.45) is 4.07. The number of carbonyl (C=O) groups is 1. The molecule has 0 aliphatic carbocycles. The zero-order chi connectivity index (χ0) is 26.6. The number of hydrogen-bond acceptors (Lipinski definition) is 9. The number of nitrogens with zero attached hydrogens (tertiary/aromatic N) is 4. The lowest BCUT2D eigenvalue weighted by Gasteiger charge is -2.41. The lowest BCUT2D eigenvalue weighted by molar-refractivity contribution is -0.152. The number of nitrogens with one attached hydrogen (secondary N) is 1. The molecule has 2 saturated heterocycles. The summed E-state index contributed by atoms with van der Waals surface area (Å²) in [7, 11) is 1.60. The summed E-state index contributed by atoms with van der Waals surface area (Å²) in [6, 6.07) is 8.47. The number of anilines is 2. The van der Waals surface area contributed by atoms with Crippen LogP contribution < -0.4 is 14.8 Å². The van der Waals surface area contributed by atoms with Crippen LogP contribution in [0.3, 0.4) is 0 Å². The van der Waals surface area contributed by atoms with Crippen molar-refractivity contribution in [2.45, 2.75) is 38.5 Å². The molecule has 0 saturated carbocycles. The minimum atomic E-state index is -0.487. The number of aromatic nitrogens is 2. The van der Waals surface area contributed by atoms with Gasteiger partial charge in [-0.2, -0.15) is 0 Å². The smallest absolute Gasteiger partial charge is 0.320 e. The summed E-state index contributed by atoms with van der Waals surface area (Å²) in [5.74, 6) is 1.08. The Morgan fingerprint density at radius 3 is 2.71 bits per heavy atom. The summed E-state index contributed by atoms with van der Waals surface area (Å²) in [4.78, 5) is 25.1. The highest BCUT2D eigenvalue weighted by Gasteiger charge is 2.31. The molecular weight excluding hydrogens is 513 g/mol. The molecular formula is C27H31ClFN5O4. The summed E-state index contributed by atoms with van der Waals surface area (Å²) in [5.41, 5.74) is 1.28. The molecule has 202 valence electrons. The number of methoxy groups -OCH3 is 1. The maximum Gasteiger partial charge on any atom is 0.320 e. The van der Waals surface area contributed by atoms with Gasteiger partial charge in [0.15, 0.2) is 17.7 Å². The van der Waals surface area contributed by atoms with Crippen molar-refractivity contribution >= 4 is 40.0 Å². The standard InChI is InChI=1S/C27H31ClFN5O4/c1-3-25(33-8-6-18(7-9-33)34-10-11-37-26(35)15-34)38-24-14-22-19(13-23(24)36-2)27(31-16-30-22)32-17-4-5-21(29)20(28)12-17/h4-5,12-14,16,18,25H,3,6-11,15H2,1-2H3,(H,30,31,32). The Bertz CT molecular complexity index is 1300. The highest BCUT2D eigenvalue weighted by atomic mass is 35.5. The van der Waals surface area contributed by atoms with Crippen LogP contribution in [0.15, 0.2) is 36.7 Å². The van der Waals surface area contributed by atoms with Gasteiger partial charge in [0.1, 0.15) is 24.6 Å². The number of halogens is 2. The fourth-order valence-electron chi connectivity index (χ4n) is 5.11. The number of fused-ring (bicyclic) bond motifs is 1. The highest BCUT2D eigenvalue weighted by Crippen LogP contribution is 2.36. The number of cyclic esters (lactones) is 1. The Labute approximate surface area is 225 Å². The molecule has 0 radical (unpaired) electrons. The second-order valence-electron chi connectivity index (χ2n) is 9.44. The minimum absolute atomic E-state index is 0.0229. The number of hydrogen-bond donors (Lipinski definition) is 1. The van der Waals surface area contributed by atoms with Crippen molar-refractivity contribution in [1.29, 1.82) is 0 Å². The van der Waals surface area contributed by atoms with E-state index in [1.165, 1.54) is 18.5 Å². The van der Waals surface area contributed by atoms with Gasteiger partial charge in [0.2, 0.25) is 0 Å². The molecule has 1 atom stereocenters. The van der Waals surface area contributed by atoms with Gasteiger partial charge in [-0.05, 0) is 43.5 Å². The quantitative estimate of drug-likeness (QED) is 0.409. The van der Waals surface area contributed by atoms with Crippen molar-refractivity contribution in [2.75, 3.05) is 45.2 Å². The third-order valence-corrected chi connectivity index (χ3v) is 7.40. The molecule has 0 amide bonds. The molecule has 11 heteroatoms. The van der Waals surface area contributed by atoms with Crippen LogP contribution in [0.25, 0.3) is 10.9 Å². The number of piperidine rings is 1. The normalized spacial score (nSPS) is 18.3. The zero-order valence-corrected chi connectivity index (χ0v) is 22.2. The second kappa shape index (κ2) is 11.7. The maximum absolute atomic E-state index is 13.6. The van der Waals surface area contributed by atoms with Crippen LogP contribution >= 0.6 is 11.6 Å². The average Bonchev–Trinajstić information content (AvgIpc) is 2.93. The molecule has 2 aliphatic heterocycles. The van der Waals surface area contributed by atoms with E-state index in [0.29, 0.717) is 47.7 Å². The van der Waals surface area contributed by atoms with E-state index in [0.717, 1.165) is 44.3 Å². The number of carbonyl (C=O) groups excluding carboxylic acids is 1. The summed E-state index contributed by atoms with van der Waals surface area (Å²) < 4.78 is 30.8. The van der Waals surface area contributed by atoms with Gasteiger partial charge in [0, 0.05) is 42.8 Å². The van der Waals surface area contributed by atoms with E-state index >= 15 is 0 Å². The monoisotopic (exact) mass is 543 g/mol. The molecule has 1 unspecified atom stereocenters. The van der Waals surface area contributed by atoms with Crippen LogP contribution in [0.2, 0.25) is 5.02 Å². The molecule has 38 heavy (non-hydrogen) atoms. The van der Waals surface area contributed by atoms with Gasteiger partial charge in [0.25, 0.3) is 0 Å². The first kappa shape index (κ1) is 26.4. The van der Waals surface area contributed by atoms with E-state index in [1.807, 2.05) is 12.1 Å². The third kappa shape index (κ3) is 5.77. The van der Waals surface area contributed by atoms with Gasteiger partial charge in [0.05, 0.1) is 24.2 Å². The van der Waals surface area contributed by atoms with E-state index in [2.05, 4.69) is 32.0 Å². The van der Waals surface area contributed by atoms with Crippen LogP contribution in [0.5, 0.6) is 11.5 Å². The van der Waals surface area contributed by atoms with Gasteiger partial charge >= 0.3 is 5.97 Å². The number of ether oxygens (including phenoxy) is 3. The number of likely N-dealkylation sites (tertiary alicyclic amines) is 1. The van der Waals surface area contributed by atoms with Gasteiger partial charge in [-0.15, -0.1) is 0 Å². The third-order valence-electron chi connectivity index (χ3n) is 7.11. The summed E-state index contributed by atoms with van der Waals surface area (Å²) >= 11 is 5.94. The van der Waals surface area contributed by atoms with Crippen molar-refractivity contribution in [1.82, 2.24) is 19.8 Å². The van der Waals surface area contributed by atoms with E-state index in [9.17, 15) is 9.18 Å². The van der Waals surface area contributed by atoms with Crippen molar-refractivity contribution in [3.63, 3.8) is 0 Å². The van der Waals surface area contributed by atoms with Gasteiger partial charge in [-0.25, -0.2) is 14.4 Å². The Morgan fingerprint density at radius 1 is 1.18 bits per heavy atom. The summed E-state index contributed by atoms with van der Waals surface area (Å²) in [6.45, 7) is 5.50. The molecule has 3 aromatic rings. The lowest BCUT2D eigenvalue weighted by atomic mass is 10.0. The molecule has 9 nitrogen and oxygen atoms in total. The Hall–Kier alpha value is -3.21. The highest BCUT2D eigenvalue weighted by molar-refractivity contribution is 6.31. The number of rotatable bonds is 8. The Balaban J connectivity index is 1.31. The van der Waals surface area contributed by atoms with Crippen LogP contribution in [-0.2, 0) is 9.53 Å². The molecule has 2 aromatic carbocycles. The molecule has 1 N–H and O–H groups in total. The SMILES string of the molecule is CCC(Oc1cc2ncnc(Nc3ccc(F)c(Cl)c3)c2cc1OC)N1CCC(N2CCOC(=O)C2)CC1. The fourth-order valence-corrected chi connectivity index (χ4v) is 5.29. The first-order valence-corrected chi connectivity index (χ1v) is 13.2. The Morgan fingerprint density at radius 2 is 2.00 bits per heavy atom. The maximum atomic E-state index is 13.6. The second-order valence-corrected chi connectivity index (χ2v) is 9.84. The molecule has 1 aromatic heterocycles. The van der Waals surface area contributed by atoms with Crippen LogP contribution in [-0.4, -0.2) is 77.9 Å². The molecule has 0 bridgehead atoms. The largest absolute Gasteiger partial charge is 0.493 e. The van der Waals surface area contributed by atoms with Crippen molar-refractivity contribution < 1.29 is 23.4 Å². The molecule has 3 heterocycles. The predicted octanol–water partition coefficient (Wildman–Crippen LogP) is 4.61. The molecule has 0 spiro atoms. The van der Waals surface area contributed by atoms with Crippen LogP contribution in [0.4, 0.5) is 15.9 Å². The Kier molecular flexibility index (Phi) is 8.11. The van der Waals surface area contributed by atoms with Crippen LogP contribution in [0.1, 0.15) is 26.2 Å².